The van der Waals surface area contributed by atoms with E-state index in [9.17, 15) is 5.11 Å². The first-order valence-corrected chi connectivity index (χ1v) is 8.72. The van der Waals surface area contributed by atoms with E-state index in [1.54, 1.807) is 0 Å². The third-order valence-corrected chi connectivity index (χ3v) is 4.97. The van der Waals surface area contributed by atoms with E-state index < -0.39 is 0 Å². The normalized spacial score (nSPS) is 18.2. The Bertz CT molecular complexity index is 861. The number of benzene rings is 2. The molecule has 1 N–H and O–H groups in total. The molecule has 2 heterocycles. The van der Waals surface area contributed by atoms with Gasteiger partial charge in [-0.05, 0) is 36.6 Å². The van der Waals surface area contributed by atoms with Crippen LogP contribution in [0.4, 0.5) is 5.95 Å². The number of halogens is 1. The number of aromatic nitrogens is 2. The number of hydrogen-bond acceptors (Lipinski definition) is 3. The minimum atomic E-state index is -0.285. The van der Waals surface area contributed by atoms with Crippen molar-refractivity contribution in [3.8, 4) is 0 Å². The molecule has 1 aromatic heterocycles. The van der Waals surface area contributed by atoms with Gasteiger partial charge in [-0.15, -0.1) is 0 Å². The standard InChI is InChI=1S/C19H20ClN3O/c20-16-8-2-1-6-14(16)12-23-18-10-4-3-9-17(18)21-19(23)22-11-5-7-15(24)13-22/h1-4,6,8-10,15,24H,5,7,11-13H2. The Labute approximate surface area is 146 Å². The Morgan fingerprint density at radius 2 is 1.92 bits per heavy atom. The predicted octanol–water partition coefficient (Wildman–Crippen LogP) is 3.70. The molecule has 3 aromatic rings. The highest BCUT2D eigenvalue weighted by atomic mass is 35.5. The molecule has 1 fully saturated rings. The van der Waals surface area contributed by atoms with Crippen LogP contribution in [-0.2, 0) is 6.54 Å². The molecule has 1 atom stereocenters. The van der Waals surface area contributed by atoms with Gasteiger partial charge in [0.15, 0.2) is 0 Å². The van der Waals surface area contributed by atoms with Crippen molar-refractivity contribution in [1.82, 2.24) is 9.55 Å². The number of rotatable bonds is 3. The van der Waals surface area contributed by atoms with Crippen LogP contribution in [0, 0.1) is 0 Å². The lowest BCUT2D eigenvalue weighted by molar-refractivity contribution is 0.153. The molecule has 1 unspecified atom stereocenters. The summed E-state index contributed by atoms with van der Waals surface area (Å²) in [5.74, 6) is 0.912. The summed E-state index contributed by atoms with van der Waals surface area (Å²) in [6.07, 6.45) is 1.56. The van der Waals surface area contributed by atoms with Crippen LogP contribution in [0.15, 0.2) is 48.5 Å². The van der Waals surface area contributed by atoms with Gasteiger partial charge in [-0.3, -0.25) is 0 Å². The van der Waals surface area contributed by atoms with E-state index in [4.69, 9.17) is 16.6 Å². The van der Waals surface area contributed by atoms with E-state index in [0.717, 1.165) is 47.0 Å². The van der Waals surface area contributed by atoms with Gasteiger partial charge in [0.05, 0.1) is 23.7 Å². The molecule has 24 heavy (non-hydrogen) atoms. The summed E-state index contributed by atoms with van der Waals surface area (Å²) in [7, 11) is 0. The topological polar surface area (TPSA) is 41.3 Å². The maximum Gasteiger partial charge on any atom is 0.206 e. The minimum absolute atomic E-state index is 0.285. The highest BCUT2D eigenvalue weighted by Crippen LogP contribution is 2.27. The summed E-state index contributed by atoms with van der Waals surface area (Å²) < 4.78 is 2.20. The van der Waals surface area contributed by atoms with Crippen molar-refractivity contribution in [3.05, 3.63) is 59.1 Å². The fourth-order valence-electron chi connectivity index (χ4n) is 3.39. The highest BCUT2D eigenvalue weighted by molar-refractivity contribution is 6.31. The molecule has 1 aliphatic heterocycles. The number of aliphatic hydroxyl groups excluding tert-OH is 1. The lowest BCUT2D eigenvalue weighted by Crippen LogP contribution is -2.39. The zero-order chi connectivity index (χ0) is 16.5. The van der Waals surface area contributed by atoms with E-state index in [2.05, 4.69) is 15.5 Å². The second-order valence-corrected chi connectivity index (χ2v) is 6.73. The highest BCUT2D eigenvalue weighted by Gasteiger charge is 2.23. The fourth-order valence-corrected chi connectivity index (χ4v) is 3.59. The molecule has 0 spiro atoms. The molecule has 2 aromatic carbocycles. The summed E-state index contributed by atoms with van der Waals surface area (Å²) in [4.78, 5) is 7.02. The number of imidazole rings is 1. The van der Waals surface area contributed by atoms with Gasteiger partial charge >= 0.3 is 0 Å². The number of aliphatic hydroxyl groups is 1. The van der Waals surface area contributed by atoms with Gasteiger partial charge in [-0.1, -0.05) is 41.9 Å². The van der Waals surface area contributed by atoms with Crippen LogP contribution < -0.4 is 4.90 Å². The summed E-state index contributed by atoms with van der Waals surface area (Å²) in [5, 5.41) is 10.8. The van der Waals surface area contributed by atoms with E-state index in [1.807, 2.05) is 42.5 Å². The van der Waals surface area contributed by atoms with Crippen molar-refractivity contribution in [2.75, 3.05) is 18.0 Å². The molecule has 0 saturated carbocycles. The molecule has 1 aliphatic rings. The van der Waals surface area contributed by atoms with Crippen molar-refractivity contribution in [3.63, 3.8) is 0 Å². The van der Waals surface area contributed by atoms with Crippen molar-refractivity contribution in [2.24, 2.45) is 0 Å². The molecule has 4 rings (SSSR count). The molecule has 4 nitrogen and oxygen atoms in total. The van der Waals surface area contributed by atoms with Gasteiger partial charge in [0, 0.05) is 18.1 Å². The van der Waals surface area contributed by atoms with Crippen LogP contribution in [0.3, 0.4) is 0 Å². The smallest absolute Gasteiger partial charge is 0.206 e. The third kappa shape index (κ3) is 2.87. The minimum Gasteiger partial charge on any atom is -0.391 e. The SMILES string of the molecule is OC1CCCN(c2nc3ccccc3n2Cc2ccccc2Cl)C1. The molecule has 124 valence electrons. The molecule has 0 bridgehead atoms. The van der Waals surface area contributed by atoms with Gasteiger partial charge in [0.2, 0.25) is 5.95 Å². The van der Waals surface area contributed by atoms with Gasteiger partial charge in [0.25, 0.3) is 0 Å². The van der Waals surface area contributed by atoms with E-state index >= 15 is 0 Å². The van der Waals surface area contributed by atoms with Gasteiger partial charge in [-0.25, -0.2) is 4.98 Å². The molecule has 5 heteroatoms. The molecule has 1 saturated heterocycles. The Kier molecular flexibility index (Phi) is 4.17. The van der Waals surface area contributed by atoms with Crippen LogP contribution in [0.5, 0.6) is 0 Å². The maximum absolute atomic E-state index is 10.0. The zero-order valence-electron chi connectivity index (χ0n) is 13.4. The molecular formula is C19H20ClN3O. The largest absolute Gasteiger partial charge is 0.391 e. The van der Waals surface area contributed by atoms with Crippen molar-refractivity contribution in [2.45, 2.75) is 25.5 Å². The lowest BCUT2D eigenvalue weighted by atomic mass is 10.1. The van der Waals surface area contributed by atoms with Crippen molar-refractivity contribution >= 4 is 28.6 Å². The average Bonchev–Trinajstić information content (AvgIpc) is 2.96. The van der Waals surface area contributed by atoms with Crippen LogP contribution in [-0.4, -0.2) is 33.9 Å². The fraction of sp³-hybridized carbons (Fsp3) is 0.316. The van der Waals surface area contributed by atoms with Gasteiger partial charge in [0.1, 0.15) is 0 Å². The Morgan fingerprint density at radius 3 is 2.75 bits per heavy atom. The lowest BCUT2D eigenvalue weighted by Gasteiger charge is -2.31. The third-order valence-electron chi connectivity index (χ3n) is 4.60. The summed E-state index contributed by atoms with van der Waals surface area (Å²) in [6, 6.07) is 16.1. The summed E-state index contributed by atoms with van der Waals surface area (Å²) >= 11 is 6.37. The van der Waals surface area contributed by atoms with Crippen LogP contribution in [0.25, 0.3) is 11.0 Å². The number of nitrogens with zero attached hydrogens (tertiary/aromatic N) is 3. The first kappa shape index (κ1) is 15.5. The summed E-state index contributed by atoms with van der Waals surface area (Å²) in [5.41, 5.74) is 3.13. The van der Waals surface area contributed by atoms with E-state index in [1.165, 1.54) is 0 Å². The zero-order valence-corrected chi connectivity index (χ0v) is 14.2. The molecule has 0 amide bonds. The summed E-state index contributed by atoms with van der Waals surface area (Å²) in [6.45, 7) is 2.22. The number of β-amino-alcohol motifs (C(OH)–C–C–N with tert-alkyl or cyclic N) is 1. The van der Waals surface area contributed by atoms with Crippen LogP contribution >= 0.6 is 11.6 Å². The van der Waals surface area contributed by atoms with Crippen LogP contribution in [0.2, 0.25) is 5.02 Å². The maximum atomic E-state index is 10.0. The first-order chi connectivity index (χ1) is 11.7. The predicted molar refractivity (Wildman–Crippen MR) is 97.7 cm³/mol. The van der Waals surface area contributed by atoms with Gasteiger partial charge < -0.3 is 14.6 Å². The number of para-hydroxylation sites is 2. The Morgan fingerprint density at radius 1 is 1.12 bits per heavy atom. The average molecular weight is 342 g/mol. The Balaban J connectivity index is 1.80. The van der Waals surface area contributed by atoms with E-state index in [-0.39, 0.29) is 6.10 Å². The van der Waals surface area contributed by atoms with Crippen LogP contribution in [0.1, 0.15) is 18.4 Å². The first-order valence-electron chi connectivity index (χ1n) is 8.34. The number of anilines is 1. The second-order valence-electron chi connectivity index (χ2n) is 6.32. The quantitative estimate of drug-likeness (QED) is 0.789. The number of fused-ring (bicyclic) bond motifs is 1. The monoisotopic (exact) mass is 341 g/mol. The molecular weight excluding hydrogens is 322 g/mol. The van der Waals surface area contributed by atoms with Crippen molar-refractivity contribution in [1.29, 1.82) is 0 Å². The molecule has 0 aliphatic carbocycles. The van der Waals surface area contributed by atoms with Gasteiger partial charge in [-0.2, -0.15) is 0 Å². The van der Waals surface area contributed by atoms with Crippen molar-refractivity contribution < 1.29 is 5.11 Å². The van der Waals surface area contributed by atoms with E-state index in [0.29, 0.717) is 13.1 Å². The number of hydrogen-bond donors (Lipinski definition) is 1. The Hall–Kier alpha value is -2.04. The second kappa shape index (κ2) is 6.46. The number of piperidine rings is 1. The molecule has 0 radical (unpaired) electrons.